The molecular formula is C21H25FN2O2. The smallest absolute Gasteiger partial charge is 0.250 e. The van der Waals surface area contributed by atoms with Crippen LogP contribution in [0.4, 0.5) is 4.39 Å². The number of hydrogen-bond acceptors (Lipinski definition) is 2. The Morgan fingerprint density at radius 2 is 1.85 bits per heavy atom. The van der Waals surface area contributed by atoms with Crippen LogP contribution in [0.25, 0.3) is 0 Å². The summed E-state index contributed by atoms with van der Waals surface area (Å²) >= 11 is 0. The van der Waals surface area contributed by atoms with Crippen molar-refractivity contribution in [3.8, 4) is 0 Å². The second-order valence-corrected chi connectivity index (χ2v) is 6.88. The van der Waals surface area contributed by atoms with Gasteiger partial charge in [-0.3, -0.25) is 9.59 Å². The molecule has 3 rings (SSSR count). The predicted octanol–water partition coefficient (Wildman–Crippen LogP) is 3.39. The third kappa shape index (κ3) is 4.81. The molecule has 4 nitrogen and oxygen atoms in total. The lowest BCUT2D eigenvalue weighted by Crippen LogP contribution is -2.41. The SMILES string of the molecule is O=C(CCn1ccccc1=O)N(CCc1ccc(F)cc1)C1CCCC1. The molecule has 0 saturated heterocycles. The van der Waals surface area contributed by atoms with Crippen molar-refractivity contribution < 1.29 is 9.18 Å². The molecule has 1 saturated carbocycles. The highest BCUT2D eigenvalue weighted by atomic mass is 19.1. The first-order chi connectivity index (χ1) is 12.6. The van der Waals surface area contributed by atoms with Crippen molar-refractivity contribution in [3.05, 3.63) is 70.4 Å². The maximum atomic E-state index is 13.1. The normalized spacial score (nSPS) is 14.5. The molecule has 0 radical (unpaired) electrons. The molecule has 0 bridgehead atoms. The Labute approximate surface area is 153 Å². The predicted molar refractivity (Wildman–Crippen MR) is 99.4 cm³/mol. The number of rotatable bonds is 7. The molecule has 26 heavy (non-hydrogen) atoms. The summed E-state index contributed by atoms with van der Waals surface area (Å²) in [6, 6.07) is 11.8. The van der Waals surface area contributed by atoms with E-state index < -0.39 is 0 Å². The molecule has 0 spiro atoms. The van der Waals surface area contributed by atoms with E-state index in [1.54, 1.807) is 35.0 Å². The third-order valence-electron chi connectivity index (χ3n) is 5.11. The van der Waals surface area contributed by atoms with Gasteiger partial charge in [0.25, 0.3) is 5.56 Å². The van der Waals surface area contributed by atoms with Crippen molar-refractivity contribution in [1.29, 1.82) is 0 Å². The maximum absolute atomic E-state index is 13.1. The van der Waals surface area contributed by atoms with E-state index in [2.05, 4.69) is 0 Å². The summed E-state index contributed by atoms with van der Waals surface area (Å²) in [5.41, 5.74) is 0.945. The van der Waals surface area contributed by atoms with Gasteiger partial charge in [-0.2, -0.15) is 0 Å². The van der Waals surface area contributed by atoms with Crippen LogP contribution in [-0.4, -0.2) is 28.0 Å². The van der Waals surface area contributed by atoms with E-state index in [9.17, 15) is 14.0 Å². The highest BCUT2D eigenvalue weighted by Crippen LogP contribution is 2.24. The zero-order valence-corrected chi connectivity index (χ0v) is 14.9. The molecule has 2 aromatic rings. The van der Waals surface area contributed by atoms with Crippen LogP contribution >= 0.6 is 0 Å². The number of aromatic nitrogens is 1. The van der Waals surface area contributed by atoms with Gasteiger partial charge in [-0.05, 0) is 43.0 Å². The van der Waals surface area contributed by atoms with E-state index >= 15 is 0 Å². The first kappa shape index (κ1) is 18.4. The lowest BCUT2D eigenvalue weighted by atomic mass is 10.1. The van der Waals surface area contributed by atoms with Gasteiger partial charge < -0.3 is 9.47 Å². The molecular weight excluding hydrogens is 331 g/mol. The summed E-state index contributed by atoms with van der Waals surface area (Å²) in [5.74, 6) is -0.152. The van der Waals surface area contributed by atoms with Crippen molar-refractivity contribution in [3.63, 3.8) is 0 Å². The van der Waals surface area contributed by atoms with E-state index in [1.165, 1.54) is 18.2 Å². The van der Waals surface area contributed by atoms with Crippen LogP contribution in [0.1, 0.15) is 37.7 Å². The summed E-state index contributed by atoms with van der Waals surface area (Å²) in [7, 11) is 0. The summed E-state index contributed by atoms with van der Waals surface area (Å²) in [6.07, 6.45) is 7.15. The molecule has 138 valence electrons. The molecule has 0 aliphatic heterocycles. The lowest BCUT2D eigenvalue weighted by molar-refractivity contribution is -0.133. The van der Waals surface area contributed by atoms with Crippen LogP contribution in [0.15, 0.2) is 53.5 Å². The maximum Gasteiger partial charge on any atom is 0.250 e. The third-order valence-corrected chi connectivity index (χ3v) is 5.11. The van der Waals surface area contributed by atoms with Crippen LogP contribution < -0.4 is 5.56 Å². The number of carbonyl (C=O) groups excluding carboxylic acids is 1. The standard InChI is InChI=1S/C21H25FN2O2/c22-18-10-8-17(9-11-18)12-16-24(19-5-1-2-6-19)21(26)13-15-23-14-4-3-7-20(23)25/h3-4,7-11,14,19H,1-2,5-6,12-13,15-16H2. The van der Waals surface area contributed by atoms with Gasteiger partial charge in [-0.1, -0.05) is 31.0 Å². The van der Waals surface area contributed by atoms with Gasteiger partial charge in [0.15, 0.2) is 0 Å². The number of nitrogens with zero attached hydrogens (tertiary/aromatic N) is 2. The van der Waals surface area contributed by atoms with E-state index in [1.807, 2.05) is 4.90 Å². The fraction of sp³-hybridized carbons (Fsp3) is 0.429. The van der Waals surface area contributed by atoms with E-state index in [4.69, 9.17) is 0 Å². The van der Waals surface area contributed by atoms with Crippen LogP contribution in [0, 0.1) is 5.82 Å². The Morgan fingerprint density at radius 1 is 1.12 bits per heavy atom. The Morgan fingerprint density at radius 3 is 2.54 bits per heavy atom. The van der Waals surface area contributed by atoms with Gasteiger partial charge in [-0.25, -0.2) is 4.39 Å². The number of halogens is 1. The molecule has 0 N–H and O–H groups in total. The number of pyridine rings is 1. The van der Waals surface area contributed by atoms with Crippen molar-refractivity contribution >= 4 is 5.91 Å². The molecule has 1 heterocycles. The minimum Gasteiger partial charge on any atom is -0.339 e. The van der Waals surface area contributed by atoms with Gasteiger partial charge in [0, 0.05) is 37.8 Å². The monoisotopic (exact) mass is 356 g/mol. The quantitative estimate of drug-likeness (QED) is 0.763. The molecule has 1 aromatic carbocycles. The number of carbonyl (C=O) groups is 1. The van der Waals surface area contributed by atoms with E-state index in [0.717, 1.165) is 31.2 Å². The van der Waals surface area contributed by atoms with Gasteiger partial charge in [0.1, 0.15) is 5.82 Å². The van der Waals surface area contributed by atoms with Crippen LogP contribution in [0.3, 0.4) is 0 Å². The molecule has 1 amide bonds. The molecule has 0 unspecified atom stereocenters. The fourth-order valence-electron chi connectivity index (χ4n) is 3.63. The highest BCUT2D eigenvalue weighted by Gasteiger charge is 2.26. The second kappa shape index (κ2) is 8.79. The van der Waals surface area contributed by atoms with Gasteiger partial charge >= 0.3 is 0 Å². The molecule has 1 aliphatic carbocycles. The van der Waals surface area contributed by atoms with Gasteiger partial charge in [-0.15, -0.1) is 0 Å². The molecule has 1 fully saturated rings. The highest BCUT2D eigenvalue weighted by molar-refractivity contribution is 5.76. The van der Waals surface area contributed by atoms with E-state index in [-0.39, 0.29) is 23.3 Å². The second-order valence-electron chi connectivity index (χ2n) is 6.88. The zero-order chi connectivity index (χ0) is 18.4. The van der Waals surface area contributed by atoms with E-state index in [0.29, 0.717) is 25.9 Å². The van der Waals surface area contributed by atoms with Crippen LogP contribution in [0.2, 0.25) is 0 Å². The van der Waals surface area contributed by atoms with Crippen LogP contribution in [-0.2, 0) is 17.8 Å². The Kier molecular flexibility index (Phi) is 6.21. The lowest BCUT2D eigenvalue weighted by Gasteiger charge is -2.29. The summed E-state index contributed by atoms with van der Waals surface area (Å²) in [4.78, 5) is 26.6. The average molecular weight is 356 g/mol. The van der Waals surface area contributed by atoms with Gasteiger partial charge in [0.05, 0.1) is 0 Å². The molecule has 1 aliphatic rings. The summed E-state index contributed by atoms with van der Waals surface area (Å²) < 4.78 is 14.6. The number of hydrogen-bond donors (Lipinski definition) is 0. The topological polar surface area (TPSA) is 42.3 Å². The number of benzene rings is 1. The molecule has 5 heteroatoms. The summed E-state index contributed by atoms with van der Waals surface area (Å²) in [5, 5.41) is 0. The number of amides is 1. The number of aryl methyl sites for hydroxylation is 1. The van der Waals surface area contributed by atoms with Gasteiger partial charge in [0.2, 0.25) is 5.91 Å². The van der Waals surface area contributed by atoms with Crippen molar-refractivity contribution in [2.75, 3.05) is 6.54 Å². The Hall–Kier alpha value is -2.43. The zero-order valence-electron chi connectivity index (χ0n) is 14.9. The molecule has 1 aromatic heterocycles. The minimum absolute atomic E-state index is 0.0842. The molecule has 0 atom stereocenters. The fourth-order valence-corrected chi connectivity index (χ4v) is 3.63. The Bertz CT molecular complexity index is 779. The van der Waals surface area contributed by atoms with Crippen molar-refractivity contribution in [1.82, 2.24) is 9.47 Å². The Balaban J connectivity index is 1.63. The van der Waals surface area contributed by atoms with Crippen molar-refractivity contribution in [2.45, 2.75) is 51.1 Å². The summed E-state index contributed by atoms with van der Waals surface area (Å²) in [6.45, 7) is 1.04. The minimum atomic E-state index is -0.245. The first-order valence-corrected chi connectivity index (χ1v) is 9.33. The average Bonchev–Trinajstić information content (AvgIpc) is 3.17. The van der Waals surface area contributed by atoms with Crippen molar-refractivity contribution in [2.24, 2.45) is 0 Å². The largest absolute Gasteiger partial charge is 0.339 e. The first-order valence-electron chi connectivity index (χ1n) is 9.33. The van der Waals surface area contributed by atoms with Crippen LogP contribution in [0.5, 0.6) is 0 Å².